The fraction of sp³-hybridized carbons (Fsp3) is 1.00. The maximum absolute atomic E-state index is 2.58. The Morgan fingerprint density at radius 2 is 1.85 bits per heavy atom. The van der Waals surface area contributed by atoms with E-state index in [4.69, 9.17) is 0 Å². The third kappa shape index (κ3) is 0.877. The van der Waals surface area contributed by atoms with Gasteiger partial charge in [-0.25, -0.2) is 0 Å². The smallest absolute Gasteiger partial charge is 0.0266 e. The molecule has 0 radical (unpaired) electrons. The summed E-state index contributed by atoms with van der Waals surface area (Å²) in [6, 6.07) is 0. The molecule has 3 rings (SSSR count). The van der Waals surface area contributed by atoms with Gasteiger partial charge in [-0.15, -0.1) is 0 Å². The Balaban J connectivity index is 1.94. The predicted molar refractivity (Wildman–Crippen MR) is 55.4 cm³/mol. The van der Waals surface area contributed by atoms with Crippen molar-refractivity contribution in [2.45, 2.75) is 46.5 Å². The lowest BCUT2D eigenvalue weighted by molar-refractivity contribution is 0.109. The molecule has 6 atom stereocenters. The van der Waals surface area contributed by atoms with Crippen LogP contribution in [-0.2, 0) is 0 Å². The zero-order chi connectivity index (χ0) is 9.22. The van der Waals surface area contributed by atoms with Gasteiger partial charge in [0, 0.05) is 0 Å². The summed E-state index contributed by atoms with van der Waals surface area (Å²) >= 11 is 0. The molecule has 0 aromatic rings. The summed E-state index contributed by atoms with van der Waals surface area (Å²) in [5.74, 6) is 5.41. The summed E-state index contributed by atoms with van der Waals surface area (Å²) in [5, 5.41) is 0. The number of rotatable bonds is 0. The average Bonchev–Trinajstić information content (AvgIpc) is 2.60. The molecule has 3 saturated carbocycles. The molecule has 0 N–H and O–H groups in total. The first-order chi connectivity index (χ1) is 6.11. The molecule has 13 heavy (non-hydrogen) atoms. The first kappa shape index (κ1) is 8.32. The Morgan fingerprint density at radius 1 is 1.08 bits per heavy atom. The minimum Gasteiger partial charge on any atom is -0.0625 e. The van der Waals surface area contributed by atoms with Crippen molar-refractivity contribution in [3.63, 3.8) is 0 Å². The molecule has 0 spiro atoms. The van der Waals surface area contributed by atoms with Gasteiger partial charge in [-0.3, -0.25) is 0 Å². The second-order valence-electron chi connectivity index (χ2n) is 6.45. The lowest BCUT2D eigenvalue weighted by Gasteiger charge is -2.38. The van der Waals surface area contributed by atoms with Crippen molar-refractivity contribution in [1.29, 1.82) is 0 Å². The van der Waals surface area contributed by atoms with Crippen molar-refractivity contribution in [2.75, 3.05) is 0 Å². The van der Waals surface area contributed by atoms with Gasteiger partial charge in [-0.1, -0.05) is 20.8 Å². The van der Waals surface area contributed by atoms with Crippen LogP contribution in [0.4, 0.5) is 0 Å². The lowest BCUT2D eigenvalue weighted by Crippen LogP contribution is -2.31. The second-order valence-corrected chi connectivity index (χ2v) is 6.45. The van der Waals surface area contributed by atoms with E-state index in [-0.39, 0.29) is 0 Å². The van der Waals surface area contributed by atoms with Crippen LogP contribution in [0.25, 0.3) is 0 Å². The Hall–Kier alpha value is 0. The van der Waals surface area contributed by atoms with Crippen LogP contribution in [0.1, 0.15) is 46.5 Å². The van der Waals surface area contributed by atoms with Gasteiger partial charge in [0.15, 0.2) is 0 Å². The van der Waals surface area contributed by atoms with Gasteiger partial charge in [0.05, 0.1) is 0 Å². The normalized spacial score (nSPS) is 64.4. The molecule has 0 nitrogen and oxygen atoms in total. The van der Waals surface area contributed by atoms with Gasteiger partial charge < -0.3 is 0 Å². The van der Waals surface area contributed by atoms with Gasteiger partial charge in [0.25, 0.3) is 0 Å². The van der Waals surface area contributed by atoms with E-state index < -0.39 is 0 Å². The molecule has 6 unspecified atom stereocenters. The monoisotopic (exact) mass is 178 g/mol. The maximum Gasteiger partial charge on any atom is -0.0266 e. The molecule has 3 aliphatic carbocycles. The molecule has 2 bridgehead atoms. The van der Waals surface area contributed by atoms with Crippen molar-refractivity contribution >= 4 is 0 Å². The van der Waals surface area contributed by atoms with Crippen molar-refractivity contribution in [2.24, 2.45) is 35.0 Å². The molecule has 74 valence electrons. The zero-order valence-electron chi connectivity index (χ0n) is 9.22. The Morgan fingerprint density at radius 3 is 2.62 bits per heavy atom. The highest BCUT2D eigenvalue weighted by Crippen LogP contribution is 2.68. The van der Waals surface area contributed by atoms with Crippen LogP contribution >= 0.6 is 0 Å². The Labute approximate surface area is 82.1 Å². The van der Waals surface area contributed by atoms with Crippen LogP contribution in [0, 0.1) is 35.0 Å². The highest BCUT2D eigenvalue weighted by atomic mass is 14.6. The Bertz CT molecular complexity index is 232. The molecule has 0 aromatic carbocycles. The number of hydrogen-bond donors (Lipinski definition) is 0. The summed E-state index contributed by atoms with van der Waals surface area (Å²) in [5.41, 5.74) is 0.750. The lowest BCUT2D eigenvalue weighted by atomic mass is 9.67. The standard InChI is InChI=1S/C13H22/c1-8-4-11-10-6-9(2)13(3,7-10)12(11)5-8/h8-12H,4-7H2,1-3H3. The van der Waals surface area contributed by atoms with E-state index in [9.17, 15) is 0 Å². The molecule has 0 heteroatoms. The van der Waals surface area contributed by atoms with Crippen LogP contribution in [0.15, 0.2) is 0 Å². The van der Waals surface area contributed by atoms with Crippen LogP contribution < -0.4 is 0 Å². The minimum atomic E-state index is 0.750. The summed E-state index contributed by atoms with van der Waals surface area (Å²) in [7, 11) is 0. The van der Waals surface area contributed by atoms with Crippen LogP contribution in [0.5, 0.6) is 0 Å². The molecule has 3 aliphatic rings. The predicted octanol–water partition coefficient (Wildman–Crippen LogP) is 3.71. The largest absolute Gasteiger partial charge is 0.0625 e. The SMILES string of the molecule is CC1CC2C3CC(C)C(C)(C3)C2C1. The highest BCUT2D eigenvalue weighted by Gasteiger charge is 2.60. The maximum atomic E-state index is 2.58. The Kier molecular flexibility index (Phi) is 1.49. The quantitative estimate of drug-likeness (QED) is 0.530. The van der Waals surface area contributed by atoms with E-state index in [0.717, 1.165) is 35.0 Å². The first-order valence-corrected chi connectivity index (χ1v) is 6.11. The molecular formula is C13H22. The van der Waals surface area contributed by atoms with E-state index in [0.29, 0.717) is 0 Å². The highest BCUT2D eigenvalue weighted by molar-refractivity contribution is 5.09. The number of fused-ring (bicyclic) bond motifs is 5. The zero-order valence-corrected chi connectivity index (χ0v) is 9.22. The molecule has 0 saturated heterocycles. The molecule has 0 aromatic heterocycles. The van der Waals surface area contributed by atoms with E-state index in [1.54, 1.807) is 25.7 Å². The summed E-state index contributed by atoms with van der Waals surface area (Å²) in [6.07, 6.45) is 6.21. The molecule has 0 aliphatic heterocycles. The van der Waals surface area contributed by atoms with Crippen molar-refractivity contribution in [3.05, 3.63) is 0 Å². The van der Waals surface area contributed by atoms with E-state index >= 15 is 0 Å². The fourth-order valence-corrected chi connectivity index (χ4v) is 5.03. The third-order valence-corrected chi connectivity index (χ3v) is 5.78. The summed E-state index contributed by atoms with van der Waals surface area (Å²) in [6.45, 7) is 7.55. The number of hydrogen-bond acceptors (Lipinski definition) is 0. The molecule has 0 amide bonds. The topological polar surface area (TPSA) is 0 Å². The molecule has 3 fully saturated rings. The second kappa shape index (κ2) is 2.32. The molecular weight excluding hydrogens is 156 g/mol. The van der Waals surface area contributed by atoms with E-state index in [2.05, 4.69) is 20.8 Å². The van der Waals surface area contributed by atoms with Crippen molar-refractivity contribution in [1.82, 2.24) is 0 Å². The van der Waals surface area contributed by atoms with Gasteiger partial charge in [-0.05, 0) is 60.7 Å². The average molecular weight is 178 g/mol. The fourth-order valence-electron chi connectivity index (χ4n) is 5.03. The van der Waals surface area contributed by atoms with Crippen LogP contribution in [0.2, 0.25) is 0 Å². The van der Waals surface area contributed by atoms with Crippen molar-refractivity contribution in [3.8, 4) is 0 Å². The van der Waals surface area contributed by atoms with E-state index in [1.807, 2.05) is 0 Å². The van der Waals surface area contributed by atoms with Gasteiger partial charge in [0.1, 0.15) is 0 Å². The van der Waals surface area contributed by atoms with Gasteiger partial charge >= 0.3 is 0 Å². The molecule has 0 heterocycles. The minimum absolute atomic E-state index is 0.750. The van der Waals surface area contributed by atoms with E-state index in [1.165, 1.54) is 0 Å². The summed E-state index contributed by atoms with van der Waals surface area (Å²) in [4.78, 5) is 0. The van der Waals surface area contributed by atoms with Crippen LogP contribution in [0.3, 0.4) is 0 Å². The first-order valence-electron chi connectivity index (χ1n) is 6.11. The summed E-state index contributed by atoms with van der Waals surface area (Å²) < 4.78 is 0. The van der Waals surface area contributed by atoms with Crippen LogP contribution in [-0.4, -0.2) is 0 Å². The van der Waals surface area contributed by atoms with Crippen molar-refractivity contribution < 1.29 is 0 Å². The van der Waals surface area contributed by atoms with Gasteiger partial charge in [0.2, 0.25) is 0 Å². The third-order valence-electron chi connectivity index (χ3n) is 5.78. The van der Waals surface area contributed by atoms with Gasteiger partial charge in [-0.2, -0.15) is 0 Å².